The van der Waals surface area contributed by atoms with Gasteiger partial charge in [-0.25, -0.2) is 4.21 Å². The van der Waals surface area contributed by atoms with E-state index < -0.39 is 10.8 Å². The highest BCUT2D eigenvalue weighted by Gasteiger charge is 2.21. The molecule has 0 N–H and O–H groups in total. The fourth-order valence-electron chi connectivity index (χ4n) is 2.68. The molecule has 0 aliphatic heterocycles. The van der Waals surface area contributed by atoms with Crippen molar-refractivity contribution in [3.63, 3.8) is 0 Å². The lowest BCUT2D eigenvalue weighted by Crippen LogP contribution is -1.96. The Bertz CT molecular complexity index is 845. The largest absolute Gasteiger partial charge is 0.460 e. The maximum Gasteiger partial charge on any atom is 0.136 e. The van der Waals surface area contributed by atoms with E-state index in [1.807, 2.05) is 43.3 Å². The molecule has 3 aromatic rings. The number of benzene rings is 2. The fourth-order valence-corrected chi connectivity index (χ4v) is 4.06. The van der Waals surface area contributed by atoms with Crippen LogP contribution < -0.4 is 0 Å². The van der Waals surface area contributed by atoms with Gasteiger partial charge < -0.3 is 4.42 Å². The third-order valence-electron chi connectivity index (χ3n) is 4.08. The highest BCUT2D eigenvalue weighted by Crippen LogP contribution is 2.35. The van der Waals surface area contributed by atoms with Crippen molar-refractivity contribution < 1.29 is 8.63 Å². The summed E-state index contributed by atoms with van der Waals surface area (Å²) in [6.07, 6.45) is 0. The summed E-state index contributed by atoms with van der Waals surface area (Å²) in [7, 11) is -1.22. The van der Waals surface area contributed by atoms with Crippen molar-refractivity contribution in [2.75, 3.05) is 0 Å². The monoisotopic (exact) mass is 298 g/mol. The average molecular weight is 298 g/mol. The molecule has 0 radical (unpaired) electrons. The highest BCUT2D eigenvalue weighted by atomic mass is 32.2. The second-order valence-electron chi connectivity index (χ2n) is 5.39. The number of hydrogen-bond acceptors (Lipinski definition) is 2. The third kappa shape index (κ3) is 2.22. The van der Waals surface area contributed by atoms with Gasteiger partial charge >= 0.3 is 0 Å². The van der Waals surface area contributed by atoms with Crippen LogP contribution in [-0.4, -0.2) is 4.21 Å². The number of hydrogen-bond donors (Lipinski definition) is 0. The smallest absolute Gasteiger partial charge is 0.136 e. The Labute approximate surface area is 127 Å². The summed E-state index contributed by atoms with van der Waals surface area (Å²) >= 11 is 0. The molecule has 2 nitrogen and oxygen atoms in total. The summed E-state index contributed by atoms with van der Waals surface area (Å²) in [6, 6.07) is 11.6. The molecule has 0 aliphatic carbocycles. The lowest BCUT2D eigenvalue weighted by Gasteiger charge is -2.07. The van der Waals surface area contributed by atoms with Crippen LogP contribution in [0.1, 0.15) is 22.5 Å². The fraction of sp³-hybridized carbons (Fsp3) is 0.222. The molecular weight excluding hydrogens is 280 g/mol. The first-order chi connectivity index (χ1) is 10.0. The Morgan fingerprint density at radius 2 is 1.62 bits per heavy atom. The number of furan rings is 1. The molecule has 108 valence electrons. The maximum absolute atomic E-state index is 12.9. The second kappa shape index (κ2) is 5.15. The molecule has 0 amide bonds. The van der Waals surface area contributed by atoms with Crippen LogP contribution in [0.5, 0.6) is 0 Å². The van der Waals surface area contributed by atoms with Crippen molar-refractivity contribution >= 4 is 21.8 Å². The molecule has 3 rings (SSSR count). The Kier molecular flexibility index (Phi) is 3.46. The summed E-state index contributed by atoms with van der Waals surface area (Å²) < 4.78 is 18.8. The lowest BCUT2D eigenvalue weighted by molar-refractivity contribution is 0.566. The van der Waals surface area contributed by atoms with E-state index in [1.54, 1.807) is 0 Å². The van der Waals surface area contributed by atoms with Crippen LogP contribution in [0.3, 0.4) is 0 Å². The zero-order valence-electron chi connectivity index (χ0n) is 12.7. The summed E-state index contributed by atoms with van der Waals surface area (Å²) in [6.45, 7) is 8.14. The molecule has 1 heterocycles. The summed E-state index contributed by atoms with van der Waals surface area (Å²) in [5.74, 6) is 0.736. The van der Waals surface area contributed by atoms with Gasteiger partial charge in [0.25, 0.3) is 0 Å². The van der Waals surface area contributed by atoms with Gasteiger partial charge in [0.1, 0.15) is 11.3 Å². The molecule has 2 aromatic carbocycles. The molecule has 0 bridgehead atoms. The van der Waals surface area contributed by atoms with E-state index in [2.05, 4.69) is 20.8 Å². The van der Waals surface area contributed by atoms with Gasteiger partial charge in [0.15, 0.2) is 0 Å². The topological polar surface area (TPSA) is 30.2 Å². The van der Waals surface area contributed by atoms with Crippen LogP contribution >= 0.6 is 0 Å². The van der Waals surface area contributed by atoms with E-state index in [1.165, 1.54) is 11.1 Å². The first-order valence-electron chi connectivity index (χ1n) is 6.97. The minimum absolute atomic E-state index is 0.736. The van der Waals surface area contributed by atoms with Gasteiger partial charge in [-0.15, -0.1) is 0 Å². The number of fused-ring (bicyclic) bond motifs is 1. The summed E-state index contributed by atoms with van der Waals surface area (Å²) in [4.78, 5) is 1.61. The maximum atomic E-state index is 12.9. The zero-order chi connectivity index (χ0) is 15.1. The molecule has 1 atom stereocenters. The van der Waals surface area contributed by atoms with Crippen LogP contribution in [-0.2, 0) is 10.8 Å². The normalized spacial score (nSPS) is 12.8. The molecule has 21 heavy (non-hydrogen) atoms. The standard InChI is InChI=1S/C18H18O2S/c1-11-10-16-17(13(3)12(11)2)18(14(4)20-16)21(19)15-8-6-5-7-9-15/h5-10H,1-4H3. The summed E-state index contributed by atoms with van der Waals surface area (Å²) in [5, 5.41) is 0.998. The van der Waals surface area contributed by atoms with E-state index in [0.717, 1.165) is 32.1 Å². The van der Waals surface area contributed by atoms with E-state index in [0.29, 0.717) is 0 Å². The van der Waals surface area contributed by atoms with Crippen molar-refractivity contribution in [2.24, 2.45) is 0 Å². The van der Waals surface area contributed by atoms with E-state index >= 15 is 0 Å². The van der Waals surface area contributed by atoms with Gasteiger partial charge in [-0.05, 0) is 62.6 Å². The predicted octanol–water partition coefficient (Wildman–Crippen LogP) is 4.83. The van der Waals surface area contributed by atoms with Crippen LogP contribution in [0, 0.1) is 27.7 Å². The quantitative estimate of drug-likeness (QED) is 0.678. The number of rotatable bonds is 2. The van der Waals surface area contributed by atoms with Crippen LogP contribution in [0.2, 0.25) is 0 Å². The van der Waals surface area contributed by atoms with E-state index in [9.17, 15) is 4.21 Å². The Morgan fingerprint density at radius 3 is 2.29 bits per heavy atom. The van der Waals surface area contributed by atoms with Gasteiger partial charge in [-0.3, -0.25) is 0 Å². The highest BCUT2D eigenvalue weighted by molar-refractivity contribution is 7.85. The molecule has 3 heteroatoms. The second-order valence-corrected chi connectivity index (χ2v) is 6.80. The Hall–Kier alpha value is -1.87. The summed E-state index contributed by atoms with van der Waals surface area (Å²) in [5.41, 5.74) is 4.41. The van der Waals surface area contributed by atoms with Gasteiger partial charge in [0.05, 0.1) is 15.7 Å². The van der Waals surface area contributed by atoms with Gasteiger partial charge in [0, 0.05) is 10.3 Å². The van der Waals surface area contributed by atoms with Crippen molar-refractivity contribution in [1.29, 1.82) is 0 Å². The Morgan fingerprint density at radius 1 is 0.952 bits per heavy atom. The first kappa shape index (κ1) is 14.1. The molecule has 0 fully saturated rings. The lowest BCUT2D eigenvalue weighted by atomic mass is 10.0. The third-order valence-corrected chi connectivity index (χ3v) is 5.64. The van der Waals surface area contributed by atoms with Gasteiger partial charge in [-0.2, -0.15) is 0 Å². The SMILES string of the molecule is Cc1cc2oc(C)c(S(=O)c3ccccc3)c2c(C)c1C. The number of aryl methyl sites for hydroxylation is 3. The Balaban J connectivity index is 2.31. The van der Waals surface area contributed by atoms with Crippen LogP contribution in [0.15, 0.2) is 50.6 Å². The minimum Gasteiger partial charge on any atom is -0.460 e. The first-order valence-corrected chi connectivity index (χ1v) is 8.12. The van der Waals surface area contributed by atoms with Crippen LogP contribution in [0.25, 0.3) is 11.0 Å². The molecule has 0 saturated heterocycles. The van der Waals surface area contributed by atoms with Crippen molar-refractivity contribution in [2.45, 2.75) is 37.5 Å². The van der Waals surface area contributed by atoms with Crippen LogP contribution in [0.4, 0.5) is 0 Å². The molecule has 1 unspecified atom stereocenters. The van der Waals surface area contributed by atoms with Crippen molar-refractivity contribution in [1.82, 2.24) is 0 Å². The molecule has 1 aromatic heterocycles. The zero-order valence-corrected chi connectivity index (χ0v) is 13.5. The predicted molar refractivity (Wildman–Crippen MR) is 86.3 cm³/mol. The van der Waals surface area contributed by atoms with E-state index in [-0.39, 0.29) is 0 Å². The van der Waals surface area contributed by atoms with Gasteiger partial charge in [-0.1, -0.05) is 18.2 Å². The average Bonchev–Trinajstić information content (AvgIpc) is 2.81. The molecule has 0 aliphatic rings. The van der Waals surface area contributed by atoms with Crippen molar-refractivity contribution in [3.8, 4) is 0 Å². The van der Waals surface area contributed by atoms with E-state index in [4.69, 9.17) is 4.42 Å². The molecular formula is C18H18O2S. The molecule has 0 saturated carbocycles. The van der Waals surface area contributed by atoms with Crippen molar-refractivity contribution in [3.05, 3.63) is 58.8 Å². The van der Waals surface area contributed by atoms with Gasteiger partial charge in [0.2, 0.25) is 0 Å². The minimum atomic E-state index is -1.22. The molecule has 0 spiro atoms.